The number of nitrogens with zero attached hydrogens (tertiary/aromatic N) is 1. The van der Waals surface area contributed by atoms with Crippen LogP contribution in [0.15, 0.2) is 22.8 Å². The lowest BCUT2D eigenvalue weighted by molar-refractivity contribution is -0.145. The summed E-state index contributed by atoms with van der Waals surface area (Å²) < 4.78 is 5.46. The van der Waals surface area contributed by atoms with Gasteiger partial charge in [0, 0.05) is 12.1 Å². The zero-order chi connectivity index (χ0) is 34.1. The number of nitrogens with two attached hydrogens (primary N) is 1. The summed E-state index contributed by atoms with van der Waals surface area (Å²) in [5.74, 6) is 0.227. The number of primary amides is 1. The molecule has 5 atom stereocenters. The summed E-state index contributed by atoms with van der Waals surface area (Å²) in [5.41, 5.74) is 4.18. The molecule has 1 aromatic rings. The fraction of sp³-hybridized carbons (Fsp3) is 0.743. The number of hydrogen-bond donors (Lipinski definition) is 4. The van der Waals surface area contributed by atoms with Crippen LogP contribution in [0.5, 0.6) is 0 Å². The van der Waals surface area contributed by atoms with Crippen molar-refractivity contribution in [2.75, 3.05) is 12.3 Å². The third-order valence-corrected chi connectivity index (χ3v) is 12.0. The van der Waals surface area contributed by atoms with Crippen LogP contribution in [-0.2, 0) is 24.9 Å². The molecule has 0 spiro atoms. The normalized spacial score (nSPS) is 25.6. The summed E-state index contributed by atoms with van der Waals surface area (Å²) in [6, 6.07) is 0.771. The molecule has 11 nitrogen and oxygen atoms in total. The van der Waals surface area contributed by atoms with Gasteiger partial charge in [-0.05, 0) is 72.2 Å². The summed E-state index contributed by atoms with van der Waals surface area (Å²) in [6.07, 6.45) is 9.71. The molecule has 2 unspecified atom stereocenters. The Morgan fingerprint density at radius 1 is 1.09 bits per heavy atom. The summed E-state index contributed by atoms with van der Waals surface area (Å²) in [6.45, 7) is 10.3. The molecule has 0 aromatic carbocycles. The number of furan rings is 1. The van der Waals surface area contributed by atoms with E-state index in [2.05, 4.69) is 29.8 Å². The molecule has 2 heterocycles. The van der Waals surface area contributed by atoms with Gasteiger partial charge in [0.05, 0.1) is 18.1 Å². The molecule has 5 amide bonds. The minimum Gasteiger partial charge on any atom is -0.468 e. The molecule has 5 N–H and O–H groups in total. The molecule has 1 aliphatic heterocycles. The number of hydrogen-bond acceptors (Lipinski definition) is 7. The Balaban J connectivity index is 1.27. The van der Waals surface area contributed by atoms with Crippen molar-refractivity contribution in [2.24, 2.45) is 34.3 Å². The Morgan fingerprint density at radius 2 is 1.79 bits per heavy atom. The van der Waals surface area contributed by atoms with Gasteiger partial charge in [-0.15, -0.1) is 0 Å². The molecular formula is C35H53N5O6S. The molecule has 1 saturated heterocycles. The smallest absolute Gasteiger partial charge is 0.315 e. The number of thioether (sulfide) groups is 1. The van der Waals surface area contributed by atoms with Crippen LogP contribution in [0.1, 0.15) is 98.2 Å². The van der Waals surface area contributed by atoms with Gasteiger partial charge in [0.1, 0.15) is 17.8 Å². The van der Waals surface area contributed by atoms with Gasteiger partial charge in [0.2, 0.25) is 17.6 Å². The summed E-state index contributed by atoms with van der Waals surface area (Å²) in [4.78, 5) is 68.0. The first-order valence-electron chi connectivity index (χ1n) is 17.3. The van der Waals surface area contributed by atoms with Gasteiger partial charge in [0.15, 0.2) is 0 Å². The Kier molecular flexibility index (Phi) is 10.4. The van der Waals surface area contributed by atoms with Crippen molar-refractivity contribution in [3.05, 3.63) is 24.2 Å². The highest BCUT2D eigenvalue weighted by atomic mass is 32.2. The Bertz CT molecular complexity index is 1330. The van der Waals surface area contributed by atoms with Crippen LogP contribution in [0.4, 0.5) is 4.79 Å². The van der Waals surface area contributed by atoms with E-state index in [0.717, 1.165) is 68.6 Å². The number of rotatable bonds is 14. The van der Waals surface area contributed by atoms with Crippen LogP contribution >= 0.6 is 11.8 Å². The highest BCUT2D eigenvalue weighted by molar-refractivity contribution is 7.98. The largest absolute Gasteiger partial charge is 0.468 e. The van der Waals surface area contributed by atoms with Crippen molar-refractivity contribution in [3.8, 4) is 0 Å². The van der Waals surface area contributed by atoms with Gasteiger partial charge in [-0.1, -0.05) is 66.7 Å². The molecule has 0 bridgehead atoms. The van der Waals surface area contributed by atoms with Gasteiger partial charge in [-0.3, -0.25) is 19.2 Å². The topological polar surface area (TPSA) is 164 Å². The molecule has 0 radical (unpaired) electrons. The van der Waals surface area contributed by atoms with E-state index in [0.29, 0.717) is 13.0 Å². The van der Waals surface area contributed by atoms with E-state index in [4.69, 9.17) is 10.2 Å². The number of carbonyl (C=O) groups excluding carboxylic acids is 5. The Hall–Kier alpha value is -3.02. The van der Waals surface area contributed by atoms with Crippen LogP contribution < -0.4 is 21.7 Å². The van der Waals surface area contributed by atoms with Crippen molar-refractivity contribution in [2.45, 2.75) is 122 Å². The van der Waals surface area contributed by atoms with Crippen LogP contribution in [0.25, 0.3) is 0 Å². The summed E-state index contributed by atoms with van der Waals surface area (Å²) >= 11 is 1.78. The van der Waals surface area contributed by atoms with Gasteiger partial charge in [0.25, 0.3) is 5.91 Å². The standard InChI is InChI=1S/C35H53N5O6S/c1-33(2,3)28(38-32(45)39-35(13-7-6-8-14-35)15-17-47-20-22-10-9-16-46-22)31(44)40-19-23-25(34(23,4)5)26(40)30(43)37-24(18-21-11-12-21)27(41)29(36)42/h9-10,16,21,23-26,28H,6-8,11-15,17-20H2,1-5H3,(H2,36,42)(H,37,43)(H2,38,39,45)/t23?,24?,25-,26-,28+/m0/s1. The number of nitrogens with one attached hydrogen (secondary N) is 3. The van der Waals surface area contributed by atoms with E-state index in [1.165, 1.54) is 0 Å². The molecule has 5 rings (SSSR count). The van der Waals surface area contributed by atoms with Gasteiger partial charge >= 0.3 is 6.03 Å². The van der Waals surface area contributed by atoms with Crippen molar-refractivity contribution >= 4 is 41.3 Å². The van der Waals surface area contributed by atoms with Crippen LogP contribution in [0.2, 0.25) is 0 Å². The maximum absolute atomic E-state index is 14.4. The maximum atomic E-state index is 14.4. The average Bonchev–Trinajstić information content (AvgIpc) is 3.71. The second-order valence-electron chi connectivity index (χ2n) is 16.0. The van der Waals surface area contributed by atoms with Crippen molar-refractivity contribution in [3.63, 3.8) is 0 Å². The average molecular weight is 672 g/mol. The van der Waals surface area contributed by atoms with Crippen LogP contribution in [-0.4, -0.2) is 70.4 Å². The van der Waals surface area contributed by atoms with Crippen molar-refractivity contribution < 1.29 is 28.4 Å². The first-order chi connectivity index (χ1) is 22.1. The molecule has 12 heteroatoms. The number of fused-ring (bicyclic) bond motifs is 1. The number of ketones is 1. The highest BCUT2D eigenvalue weighted by Crippen LogP contribution is 2.65. The predicted molar refractivity (Wildman–Crippen MR) is 180 cm³/mol. The number of likely N-dealkylation sites (tertiary alicyclic amines) is 1. The van der Waals surface area contributed by atoms with E-state index in [1.807, 2.05) is 32.9 Å². The third-order valence-electron chi connectivity index (χ3n) is 11.0. The van der Waals surface area contributed by atoms with Gasteiger partial charge in [-0.2, -0.15) is 11.8 Å². The second-order valence-corrected chi connectivity index (χ2v) is 17.1. The number of urea groups is 1. The number of Topliss-reactive ketones (excluding diaryl/α,β-unsaturated/α-hetero) is 1. The second kappa shape index (κ2) is 13.8. The van der Waals surface area contributed by atoms with E-state index < -0.39 is 41.1 Å². The molecular weight excluding hydrogens is 618 g/mol. The summed E-state index contributed by atoms with van der Waals surface area (Å²) in [7, 11) is 0. The third kappa shape index (κ3) is 8.17. The molecule has 4 fully saturated rings. The van der Waals surface area contributed by atoms with Crippen molar-refractivity contribution in [1.82, 2.24) is 20.9 Å². The quantitative estimate of drug-likeness (QED) is 0.171. The van der Waals surface area contributed by atoms with E-state index in [-0.39, 0.29) is 40.6 Å². The van der Waals surface area contributed by atoms with Gasteiger partial charge < -0.3 is 31.0 Å². The lowest BCUT2D eigenvalue weighted by Gasteiger charge is -2.41. The Labute approximate surface area is 282 Å². The fourth-order valence-electron chi connectivity index (χ4n) is 7.88. The lowest BCUT2D eigenvalue weighted by Crippen LogP contribution is -2.63. The minimum absolute atomic E-state index is 0.0877. The van der Waals surface area contributed by atoms with E-state index >= 15 is 0 Å². The number of amides is 5. The fourth-order valence-corrected chi connectivity index (χ4v) is 8.93. The predicted octanol–water partition coefficient (Wildman–Crippen LogP) is 4.14. The molecule has 4 aliphatic rings. The first kappa shape index (κ1) is 35.3. The maximum Gasteiger partial charge on any atom is 0.315 e. The molecule has 3 aliphatic carbocycles. The van der Waals surface area contributed by atoms with Crippen LogP contribution in [0, 0.1) is 28.6 Å². The molecule has 3 saturated carbocycles. The number of piperidine rings is 1. The molecule has 1 aromatic heterocycles. The molecule has 260 valence electrons. The highest BCUT2D eigenvalue weighted by Gasteiger charge is 2.70. The first-order valence-corrected chi connectivity index (χ1v) is 18.4. The lowest BCUT2D eigenvalue weighted by atomic mass is 9.79. The minimum atomic E-state index is -1.07. The number of carbonyl (C=O) groups is 5. The molecule has 47 heavy (non-hydrogen) atoms. The summed E-state index contributed by atoms with van der Waals surface area (Å²) in [5, 5.41) is 9.13. The SMILES string of the molecule is CC(C)(C)[C@H](NC(=O)NC1(CCSCc2ccco2)CCCCC1)C(=O)N1CC2[C@@H]([C@H]1C(=O)NC(CC1CC1)C(=O)C(N)=O)C2(C)C. The van der Waals surface area contributed by atoms with Crippen molar-refractivity contribution in [1.29, 1.82) is 0 Å². The zero-order valence-electron chi connectivity index (χ0n) is 28.6. The Morgan fingerprint density at radius 3 is 2.38 bits per heavy atom. The van der Waals surface area contributed by atoms with E-state index in [9.17, 15) is 24.0 Å². The van der Waals surface area contributed by atoms with Gasteiger partial charge in [-0.25, -0.2) is 4.79 Å². The van der Waals surface area contributed by atoms with Crippen LogP contribution in [0.3, 0.4) is 0 Å². The zero-order valence-corrected chi connectivity index (χ0v) is 29.4. The monoisotopic (exact) mass is 671 g/mol. The van der Waals surface area contributed by atoms with E-state index in [1.54, 1.807) is 22.9 Å².